The van der Waals surface area contributed by atoms with Gasteiger partial charge in [0, 0.05) is 8.95 Å². The van der Waals surface area contributed by atoms with Crippen LogP contribution in [-0.4, -0.2) is 11.1 Å². The number of carboxylic acid groups (broad SMARTS) is 1. The lowest BCUT2D eigenvalue weighted by Gasteiger charge is -2.11. The minimum Gasteiger partial charge on any atom is -0.478 e. The Bertz CT molecular complexity index is 724. The number of hydrogen-bond acceptors (Lipinski definition) is 3. The van der Waals surface area contributed by atoms with Gasteiger partial charge in [-0.2, -0.15) is 5.26 Å². The molecule has 0 saturated heterocycles. The second-order valence-electron chi connectivity index (χ2n) is 3.93. The number of nitrogens with zero attached hydrogens (tertiary/aromatic N) is 1. The van der Waals surface area contributed by atoms with Crippen molar-refractivity contribution in [1.29, 1.82) is 5.26 Å². The van der Waals surface area contributed by atoms with Gasteiger partial charge in [-0.1, -0.05) is 15.9 Å². The third-order valence-electron chi connectivity index (χ3n) is 2.59. The quantitative estimate of drug-likeness (QED) is 0.800. The van der Waals surface area contributed by atoms with Crippen LogP contribution < -0.4 is 5.32 Å². The summed E-state index contributed by atoms with van der Waals surface area (Å²) >= 11 is 6.62. The van der Waals surface area contributed by atoms with E-state index < -0.39 is 5.97 Å². The Hall–Kier alpha value is -1.84. The Morgan fingerprint density at radius 1 is 1.15 bits per heavy atom. The topological polar surface area (TPSA) is 73.1 Å². The Morgan fingerprint density at radius 2 is 1.85 bits per heavy atom. The van der Waals surface area contributed by atoms with E-state index in [0.29, 0.717) is 21.4 Å². The number of nitriles is 1. The first-order chi connectivity index (χ1) is 9.51. The lowest BCUT2D eigenvalue weighted by molar-refractivity contribution is 0.0697. The maximum absolute atomic E-state index is 10.9. The summed E-state index contributed by atoms with van der Waals surface area (Å²) in [6.07, 6.45) is 0. The largest absolute Gasteiger partial charge is 0.478 e. The summed E-state index contributed by atoms with van der Waals surface area (Å²) in [7, 11) is 0. The molecule has 2 rings (SSSR count). The van der Waals surface area contributed by atoms with E-state index in [2.05, 4.69) is 43.2 Å². The molecule has 2 aromatic rings. The number of anilines is 2. The summed E-state index contributed by atoms with van der Waals surface area (Å²) in [5.74, 6) is -0.987. The third-order valence-corrected chi connectivity index (χ3v) is 3.74. The van der Waals surface area contributed by atoms with Crippen LogP contribution in [0.4, 0.5) is 11.4 Å². The minimum atomic E-state index is -0.987. The van der Waals surface area contributed by atoms with Crippen LogP contribution >= 0.6 is 31.9 Å². The summed E-state index contributed by atoms with van der Waals surface area (Å²) < 4.78 is 1.43. The van der Waals surface area contributed by atoms with E-state index in [1.807, 2.05) is 6.07 Å². The van der Waals surface area contributed by atoms with Crippen LogP contribution in [0.25, 0.3) is 0 Å². The van der Waals surface area contributed by atoms with Gasteiger partial charge in [-0.3, -0.25) is 0 Å². The van der Waals surface area contributed by atoms with Gasteiger partial charge in [0.25, 0.3) is 0 Å². The average molecular weight is 396 g/mol. The molecule has 0 atom stereocenters. The van der Waals surface area contributed by atoms with Crippen LogP contribution in [-0.2, 0) is 0 Å². The van der Waals surface area contributed by atoms with Crippen molar-refractivity contribution >= 4 is 49.2 Å². The zero-order valence-corrected chi connectivity index (χ0v) is 13.2. The Labute approximate surface area is 132 Å². The van der Waals surface area contributed by atoms with E-state index in [0.717, 1.165) is 4.47 Å². The predicted octanol–water partition coefficient (Wildman–Crippen LogP) is 4.53. The molecule has 0 spiro atoms. The van der Waals surface area contributed by atoms with Crippen molar-refractivity contribution < 1.29 is 9.90 Å². The smallest absolute Gasteiger partial charge is 0.335 e. The Balaban J connectivity index is 2.36. The zero-order chi connectivity index (χ0) is 14.7. The van der Waals surface area contributed by atoms with Gasteiger partial charge in [-0.05, 0) is 52.3 Å². The number of nitrogens with one attached hydrogen (secondary N) is 1. The second kappa shape index (κ2) is 6.07. The molecule has 0 bridgehead atoms. The Kier molecular flexibility index (Phi) is 4.42. The first-order valence-electron chi connectivity index (χ1n) is 5.51. The van der Waals surface area contributed by atoms with Crippen LogP contribution in [0.2, 0.25) is 0 Å². The van der Waals surface area contributed by atoms with Crippen LogP contribution in [0.5, 0.6) is 0 Å². The highest BCUT2D eigenvalue weighted by atomic mass is 79.9. The van der Waals surface area contributed by atoms with E-state index in [-0.39, 0.29) is 5.56 Å². The SMILES string of the molecule is N#Cc1cc(Br)ccc1Nc1ccc(C(=O)O)cc1Br. The second-order valence-corrected chi connectivity index (χ2v) is 5.70. The molecule has 0 aliphatic carbocycles. The molecular formula is C14H8Br2N2O2. The lowest BCUT2D eigenvalue weighted by Crippen LogP contribution is -1.99. The van der Waals surface area contributed by atoms with E-state index in [1.54, 1.807) is 18.2 Å². The van der Waals surface area contributed by atoms with Crippen LogP contribution in [0.1, 0.15) is 15.9 Å². The van der Waals surface area contributed by atoms with E-state index >= 15 is 0 Å². The molecule has 0 aromatic heterocycles. The fourth-order valence-electron chi connectivity index (χ4n) is 1.61. The van der Waals surface area contributed by atoms with Crippen LogP contribution in [0.15, 0.2) is 45.3 Å². The highest BCUT2D eigenvalue weighted by molar-refractivity contribution is 9.10. The number of aromatic carboxylic acids is 1. The Morgan fingerprint density at radius 3 is 2.45 bits per heavy atom. The molecule has 2 N–H and O–H groups in total. The summed E-state index contributed by atoms with van der Waals surface area (Å²) in [5, 5.41) is 21.1. The number of hydrogen-bond donors (Lipinski definition) is 2. The third kappa shape index (κ3) is 3.18. The highest BCUT2D eigenvalue weighted by Crippen LogP contribution is 2.29. The lowest BCUT2D eigenvalue weighted by atomic mass is 10.1. The van der Waals surface area contributed by atoms with Crippen molar-refractivity contribution in [2.75, 3.05) is 5.32 Å². The van der Waals surface area contributed by atoms with Crippen molar-refractivity contribution in [2.45, 2.75) is 0 Å². The maximum Gasteiger partial charge on any atom is 0.335 e. The molecule has 4 nitrogen and oxygen atoms in total. The van der Waals surface area contributed by atoms with E-state index in [1.165, 1.54) is 12.1 Å². The molecule has 100 valence electrons. The summed E-state index contributed by atoms with van der Waals surface area (Å²) in [4.78, 5) is 10.9. The zero-order valence-electron chi connectivity index (χ0n) is 10.0. The van der Waals surface area contributed by atoms with Gasteiger partial charge in [-0.15, -0.1) is 0 Å². The van der Waals surface area contributed by atoms with Crippen molar-refractivity contribution in [3.8, 4) is 6.07 Å². The molecule has 2 aromatic carbocycles. The molecule has 6 heteroatoms. The standard InChI is InChI=1S/C14H8Br2N2O2/c15-10-2-4-12(9(5-10)7-17)18-13-3-1-8(14(19)20)6-11(13)16/h1-6,18H,(H,19,20). The monoisotopic (exact) mass is 394 g/mol. The van der Waals surface area contributed by atoms with Gasteiger partial charge in [0.2, 0.25) is 0 Å². The molecule has 0 unspecified atom stereocenters. The first-order valence-corrected chi connectivity index (χ1v) is 7.09. The summed E-state index contributed by atoms with van der Waals surface area (Å²) in [6, 6.07) is 12.1. The fraction of sp³-hybridized carbons (Fsp3) is 0. The molecule has 0 amide bonds. The summed E-state index contributed by atoms with van der Waals surface area (Å²) in [6.45, 7) is 0. The molecule has 0 heterocycles. The van der Waals surface area contributed by atoms with Gasteiger partial charge in [0.1, 0.15) is 6.07 Å². The maximum atomic E-state index is 10.9. The van der Waals surface area contributed by atoms with E-state index in [4.69, 9.17) is 10.4 Å². The molecule has 0 radical (unpaired) electrons. The number of benzene rings is 2. The molecule has 0 fully saturated rings. The predicted molar refractivity (Wildman–Crippen MR) is 83.2 cm³/mol. The van der Waals surface area contributed by atoms with Crippen molar-refractivity contribution in [3.05, 3.63) is 56.5 Å². The first kappa shape index (κ1) is 14.6. The molecule has 0 aliphatic rings. The number of halogens is 2. The molecule has 0 aliphatic heterocycles. The van der Waals surface area contributed by atoms with Crippen LogP contribution in [0, 0.1) is 11.3 Å². The molecule has 20 heavy (non-hydrogen) atoms. The van der Waals surface area contributed by atoms with Gasteiger partial charge >= 0.3 is 5.97 Å². The normalized spacial score (nSPS) is 9.85. The van der Waals surface area contributed by atoms with Crippen LogP contribution in [0.3, 0.4) is 0 Å². The number of carboxylic acids is 1. The van der Waals surface area contributed by atoms with Gasteiger partial charge in [-0.25, -0.2) is 4.79 Å². The highest BCUT2D eigenvalue weighted by Gasteiger charge is 2.09. The summed E-state index contributed by atoms with van der Waals surface area (Å²) in [5.41, 5.74) is 2.03. The average Bonchev–Trinajstić information content (AvgIpc) is 2.42. The van der Waals surface area contributed by atoms with E-state index in [9.17, 15) is 4.79 Å². The van der Waals surface area contributed by atoms with Gasteiger partial charge in [0.05, 0.1) is 22.5 Å². The number of rotatable bonds is 3. The van der Waals surface area contributed by atoms with Gasteiger partial charge in [0.15, 0.2) is 0 Å². The van der Waals surface area contributed by atoms with Crippen molar-refractivity contribution in [2.24, 2.45) is 0 Å². The minimum absolute atomic E-state index is 0.193. The van der Waals surface area contributed by atoms with Crippen molar-refractivity contribution in [3.63, 3.8) is 0 Å². The van der Waals surface area contributed by atoms with Gasteiger partial charge < -0.3 is 10.4 Å². The molecular weight excluding hydrogens is 388 g/mol. The molecule has 0 saturated carbocycles. The van der Waals surface area contributed by atoms with Crippen molar-refractivity contribution in [1.82, 2.24) is 0 Å². The number of carbonyl (C=O) groups is 1. The fourth-order valence-corrected chi connectivity index (χ4v) is 2.45.